The lowest BCUT2D eigenvalue weighted by molar-refractivity contribution is -0.0129. The van der Waals surface area contributed by atoms with Crippen LogP contribution in [0.5, 0.6) is 0 Å². The number of nitrogens with zero attached hydrogens (tertiary/aromatic N) is 3. The molecule has 1 atom stereocenters. The van der Waals surface area contributed by atoms with Gasteiger partial charge in [-0.05, 0) is 23.4 Å². The molecule has 0 aliphatic carbocycles. The number of nitrogens with two attached hydrogens (primary N) is 1. The van der Waals surface area contributed by atoms with Crippen molar-refractivity contribution in [2.24, 2.45) is 26.7 Å². The van der Waals surface area contributed by atoms with E-state index in [0.29, 0.717) is 12.4 Å². The largest absolute Gasteiger partial charge is 0.334 e. The minimum atomic E-state index is -0.660. The third-order valence-electron chi connectivity index (χ3n) is 2.84. The number of ether oxygens (including phenoxy) is 1. The van der Waals surface area contributed by atoms with Gasteiger partial charge in [0.05, 0.1) is 6.61 Å². The third-order valence-corrected chi connectivity index (χ3v) is 3.02. The molecule has 6 heteroatoms. The molecule has 0 fully saturated rings. The van der Waals surface area contributed by atoms with E-state index in [1.54, 1.807) is 6.08 Å². The van der Waals surface area contributed by atoms with Gasteiger partial charge in [0.2, 0.25) is 11.6 Å². The average Bonchev–Trinajstić information content (AvgIpc) is 2.26. The molecule has 0 aromatic carbocycles. The zero-order valence-electron chi connectivity index (χ0n) is 13.0. The molecule has 0 spiro atoms. The van der Waals surface area contributed by atoms with E-state index < -0.39 is 6.35 Å². The average molecular weight is 301 g/mol. The summed E-state index contributed by atoms with van der Waals surface area (Å²) in [5.41, 5.74) is -0.0930. The van der Waals surface area contributed by atoms with Crippen molar-refractivity contribution < 1.29 is 4.74 Å². The van der Waals surface area contributed by atoms with Gasteiger partial charge < -0.3 is 4.74 Å². The van der Waals surface area contributed by atoms with Crippen LogP contribution >= 0.6 is 11.6 Å². The summed E-state index contributed by atoms with van der Waals surface area (Å²) < 4.78 is 5.50. The minimum Gasteiger partial charge on any atom is -0.334 e. The van der Waals surface area contributed by atoms with Crippen LogP contribution < -0.4 is 5.84 Å². The van der Waals surface area contributed by atoms with Gasteiger partial charge in [-0.3, -0.25) is 0 Å². The highest BCUT2D eigenvalue weighted by atomic mass is 35.5. The van der Waals surface area contributed by atoms with Gasteiger partial charge in [-0.1, -0.05) is 40.7 Å². The maximum absolute atomic E-state index is 6.11. The van der Waals surface area contributed by atoms with E-state index in [4.69, 9.17) is 22.2 Å². The molecular weight excluding hydrogens is 276 g/mol. The SMILES string of the molecule is C=CCOC1N=C(Cl)N=C(C(C)(C)CC(C)(C)C)N1N. The molecule has 2 N–H and O–H groups in total. The van der Waals surface area contributed by atoms with Crippen LogP contribution in [0.2, 0.25) is 0 Å². The maximum atomic E-state index is 6.11. The van der Waals surface area contributed by atoms with Crippen molar-refractivity contribution in [3.8, 4) is 0 Å². The van der Waals surface area contributed by atoms with E-state index in [-0.39, 0.29) is 16.1 Å². The van der Waals surface area contributed by atoms with Gasteiger partial charge in [-0.25, -0.2) is 20.8 Å². The zero-order chi connectivity index (χ0) is 15.6. The normalized spacial score (nSPS) is 20.6. The first-order valence-corrected chi connectivity index (χ1v) is 7.03. The van der Waals surface area contributed by atoms with E-state index in [2.05, 4.69) is 51.2 Å². The number of amidine groups is 2. The van der Waals surface area contributed by atoms with Crippen LogP contribution in [0.3, 0.4) is 0 Å². The molecule has 1 aliphatic heterocycles. The third kappa shape index (κ3) is 4.58. The topological polar surface area (TPSA) is 63.2 Å². The van der Waals surface area contributed by atoms with E-state index >= 15 is 0 Å². The lowest BCUT2D eigenvalue weighted by atomic mass is 9.75. The highest BCUT2D eigenvalue weighted by Crippen LogP contribution is 2.36. The van der Waals surface area contributed by atoms with Crippen molar-refractivity contribution in [3.05, 3.63) is 12.7 Å². The van der Waals surface area contributed by atoms with Crippen LogP contribution in [0, 0.1) is 10.8 Å². The number of halogens is 1. The maximum Gasteiger partial charge on any atom is 0.245 e. The Bertz CT molecular complexity index is 423. The molecule has 1 heterocycles. The molecule has 20 heavy (non-hydrogen) atoms. The summed E-state index contributed by atoms with van der Waals surface area (Å²) in [6, 6.07) is 0. The molecule has 0 saturated carbocycles. The van der Waals surface area contributed by atoms with Crippen LogP contribution in [0.1, 0.15) is 41.0 Å². The predicted molar refractivity (Wildman–Crippen MR) is 84.5 cm³/mol. The van der Waals surface area contributed by atoms with Gasteiger partial charge >= 0.3 is 0 Å². The van der Waals surface area contributed by atoms with Gasteiger partial charge in [-0.2, -0.15) is 0 Å². The molecule has 1 rings (SSSR count). The van der Waals surface area contributed by atoms with Crippen LogP contribution in [-0.2, 0) is 4.74 Å². The Hall–Kier alpha value is -0.910. The van der Waals surface area contributed by atoms with Crippen molar-refractivity contribution in [1.29, 1.82) is 0 Å². The fraction of sp³-hybridized carbons (Fsp3) is 0.714. The lowest BCUT2D eigenvalue weighted by Crippen LogP contribution is -2.54. The summed E-state index contributed by atoms with van der Waals surface area (Å²) in [5.74, 6) is 6.79. The summed E-state index contributed by atoms with van der Waals surface area (Å²) >= 11 is 6.00. The number of aliphatic imine (C=N–C) groups is 2. The summed E-state index contributed by atoms with van der Waals surface area (Å²) in [5, 5.41) is 1.61. The Kier molecular flexibility index (Phi) is 5.35. The zero-order valence-corrected chi connectivity index (χ0v) is 13.7. The van der Waals surface area contributed by atoms with Crippen molar-refractivity contribution in [1.82, 2.24) is 5.01 Å². The van der Waals surface area contributed by atoms with Crippen molar-refractivity contribution in [2.75, 3.05) is 6.61 Å². The fourth-order valence-corrected chi connectivity index (χ4v) is 2.77. The molecule has 0 aromatic rings. The first-order valence-electron chi connectivity index (χ1n) is 6.66. The number of rotatable bonds is 5. The Labute approximate surface area is 126 Å². The van der Waals surface area contributed by atoms with Gasteiger partial charge in [0, 0.05) is 5.41 Å². The van der Waals surface area contributed by atoms with Gasteiger partial charge in [0.25, 0.3) is 0 Å². The second-order valence-corrected chi connectivity index (χ2v) is 7.15. The molecule has 0 saturated heterocycles. The van der Waals surface area contributed by atoms with Crippen molar-refractivity contribution >= 4 is 22.7 Å². The van der Waals surface area contributed by atoms with E-state index in [0.717, 1.165) is 6.42 Å². The second-order valence-electron chi connectivity index (χ2n) is 6.81. The molecule has 1 aliphatic rings. The molecule has 0 amide bonds. The van der Waals surface area contributed by atoms with Crippen LogP contribution in [0.4, 0.5) is 0 Å². The monoisotopic (exact) mass is 300 g/mol. The molecule has 5 nitrogen and oxygen atoms in total. The van der Waals surface area contributed by atoms with Gasteiger partial charge in [0.1, 0.15) is 5.84 Å². The van der Waals surface area contributed by atoms with E-state index in [1.807, 2.05) is 0 Å². The highest BCUT2D eigenvalue weighted by molar-refractivity contribution is 6.65. The molecule has 0 aromatic heterocycles. The fourth-order valence-electron chi connectivity index (χ4n) is 2.61. The lowest BCUT2D eigenvalue weighted by Gasteiger charge is -2.40. The second kappa shape index (κ2) is 6.24. The molecular formula is C14H25ClN4O. The number of hydrazine groups is 1. The van der Waals surface area contributed by atoms with Crippen molar-refractivity contribution in [3.63, 3.8) is 0 Å². The number of hydrogen-bond donors (Lipinski definition) is 1. The smallest absolute Gasteiger partial charge is 0.245 e. The molecule has 0 bridgehead atoms. The Balaban J connectivity index is 2.98. The van der Waals surface area contributed by atoms with Crippen LogP contribution in [0.25, 0.3) is 0 Å². The first-order chi connectivity index (χ1) is 9.07. The predicted octanol–water partition coefficient (Wildman–Crippen LogP) is 3.12. The molecule has 0 radical (unpaired) electrons. The Morgan fingerprint density at radius 1 is 1.40 bits per heavy atom. The highest BCUT2D eigenvalue weighted by Gasteiger charge is 2.37. The van der Waals surface area contributed by atoms with Crippen LogP contribution in [-0.4, -0.2) is 29.1 Å². The summed E-state index contributed by atoms with van der Waals surface area (Å²) in [6.45, 7) is 14.7. The summed E-state index contributed by atoms with van der Waals surface area (Å²) in [7, 11) is 0. The molecule has 114 valence electrons. The van der Waals surface area contributed by atoms with Crippen molar-refractivity contribution in [2.45, 2.75) is 47.4 Å². The summed E-state index contributed by atoms with van der Waals surface area (Å²) in [4.78, 5) is 8.39. The van der Waals surface area contributed by atoms with Gasteiger partial charge in [-0.15, -0.1) is 6.58 Å². The minimum absolute atomic E-state index is 0.144. The van der Waals surface area contributed by atoms with E-state index in [9.17, 15) is 0 Å². The van der Waals surface area contributed by atoms with E-state index in [1.165, 1.54) is 5.01 Å². The quantitative estimate of drug-likeness (QED) is 0.482. The Morgan fingerprint density at radius 3 is 2.50 bits per heavy atom. The standard InChI is InChI=1S/C14H25ClN4O/c1-7-8-20-12-18-11(15)17-10(19(12)16)14(5,6)9-13(2,3)4/h7,12H,1,8-9,16H2,2-6H3. The molecule has 1 unspecified atom stereocenters. The number of hydrogen-bond acceptors (Lipinski definition) is 5. The van der Waals surface area contributed by atoms with Crippen LogP contribution in [0.15, 0.2) is 22.6 Å². The summed E-state index contributed by atoms with van der Waals surface area (Å²) in [6.07, 6.45) is 1.89. The van der Waals surface area contributed by atoms with Gasteiger partial charge in [0.15, 0.2) is 0 Å². The first kappa shape index (κ1) is 17.1. The Morgan fingerprint density at radius 2 is 2.00 bits per heavy atom.